The lowest BCUT2D eigenvalue weighted by molar-refractivity contribution is 0.263. The summed E-state index contributed by atoms with van der Waals surface area (Å²) in [5, 5.41) is 8.25. The van der Waals surface area contributed by atoms with E-state index in [0.29, 0.717) is 0 Å². The van der Waals surface area contributed by atoms with Crippen molar-refractivity contribution < 1.29 is 4.74 Å². The first-order valence-corrected chi connectivity index (χ1v) is 17.7. The van der Waals surface area contributed by atoms with Crippen molar-refractivity contribution in [2.75, 3.05) is 10.2 Å². The van der Waals surface area contributed by atoms with Crippen LogP contribution in [0.25, 0.3) is 43.8 Å². The van der Waals surface area contributed by atoms with E-state index in [1.54, 1.807) is 0 Å². The Kier molecular flexibility index (Phi) is 6.59. The molecule has 8 aromatic carbocycles. The monoisotopic (exact) mass is 656 g/mol. The van der Waals surface area contributed by atoms with Gasteiger partial charge in [0.25, 0.3) is 0 Å². The number of ether oxygens (including phenoxy) is 1. The fourth-order valence-corrected chi connectivity index (χ4v) is 8.26. The third-order valence-corrected chi connectivity index (χ3v) is 10.9. The Balaban J connectivity index is 1.15. The molecule has 1 aliphatic heterocycles. The third kappa shape index (κ3) is 4.73. The summed E-state index contributed by atoms with van der Waals surface area (Å²) < 4.78 is 6.72. The van der Waals surface area contributed by atoms with Crippen LogP contribution < -0.4 is 15.0 Å². The van der Waals surface area contributed by atoms with Gasteiger partial charge in [-0.1, -0.05) is 141 Å². The van der Waals surface area contributed by atoms with Gasteiger partial charge in [0.1, 0.15) is 0 Å². The molecule has 0 bridgehead atoms. The van der Waals surface area contributed by atoms with Crippen LogP contribution in [0.1, 0.15) is 36.8 Å². The summed E-state index contributed by atoms with van der Waals surface area (Å²) in [5.74, 6) is 0.903. The molecule has 10 rings (SSSR count). The van der Waals surface area contributed by atoms with Crippen LogP contribution in [0.5, 0.6) is 5.75 Å². The Morgan fingerprint density at radius 1 is 0.529 bits per heavy atom. The maximum Gasteiger partial charge on any atom is 0.196 e. The van der Waals surface area contributed by atoms with E-state index in [1.807, 2.05) is 6.07 Å². The van der Waals surface area contributed by atoms with Crippen LogP contribution in [0.2, 0.25) is 0 Å². The topological polar surface area (TPSA) is 24.5 Å². The number of anilines is 4. The number of nitrogens with one attached hydrogen (secondary N) is 1. The lowest BCUT2D eigenvalue weighted by Crippen LogP contribution is -2.16. The number of hydrogen-bond acceptors (Lipinski definition) is 3. The van der Waals surface area contributed by atoms with Crippen molar-refractivity contribution in [3.63, 3.8) is 0 Å². The largest absolute Gasteiger partial charge is 0.464 e. The zero-order valence-electron chi connectivity index (χ0n) is 28.6. The molecule has 8 aromatic rings. The Morgan fingerprint density at radius 3 is 1.96 bits per heavy atom. The van der Waals surface area contributed by atoms with Gasteiger partial charge >= 0.3 is 0 Å². The minimum absolute atomic E-state index is 0.107. The van der Waals surface area contributed by atoms with Crippen molar-refractivity contribution in [1.29, 1.82) is 0 Å². The summed E-state index contributed by atoms with van der Waals surface area (Å²) in [5.41, 5.74) is 13.1. The van der Waals surface area contributed by atoms with Gasteiger partial charge in [0, 0.05) is 33.4 Å². The number of nitrogens with zero attached hydrogens (tertiary/aromatic N) is 1. The minimum Gasteiger partial charge on any atom is -0.464 e. The SMILES string of the molecule is CC1(C)c2ccccc2-c2ccc(N(c3ccc(-c4ccccc4)cc3)c3ccc4ccc5ccc6c(c5c4c3)OC(c3ccccc3)N6)cc21. The van der Waals surface area contributed by atoms with Crippen LogP contribution in [-0.4, -0.2) is 0 Å². The molecule has 1 heterocycles. The van der Waals surface area contributed by atoms with Gasteiger partial charge in [-0.3, -0.25) is 0 Å². The molecule has 0 saturated carbocycles. The summed E-state index contributed by atoms with van der Waals surface area (Å²) >= 11 is 0. The van der Waals surface area contributed by atoms with E-state index >= 15 is 0 Å². The van der Waals surface area contributed by atoms with Crippen molar-refractivity contribution in [2.45, 2.75) is 25.5 Å². The van der Waals surface area contributed by atoms with Crippen molar-refractivity contribution >= 4 is 44.3 Å². The smallest absolute Gasteiger partial charge is 0.196 e. The Labute approximate surface area is 298 Å². The second-order valence-electron chi connectivity index (χ2n) is 14.2. The molecule has 0 spiro atoms. The van der Waals surface area contributed by atoms with E-state index in [0.717, 1.165) is 50.2 Å². The molecule has 1 atom stereocenters. The molecule has 0 aromatic heterocycles. The molecular formula is C48H36N2O. The second kappa shape index (κ2) is 11.4. The fourth-order valence-electron chi connectivity index (χ4n) is 8.26. The van der Waals surface area contributed by atoms with Gasteiger partial charge in [-0.15, -0.1) is 0 Å². The zero-order chi connectivity index (χ0) is 34.1. The Morgan fingerprint density at radius 2 is 1.14 bits per heavy atom. The standard InChI is InChI=1S/C48H36N2O/c1-48(2)42-16-10-9-15-39(42)40-27-26-38(30-43(40)48)50(36-23-19-32(20-24-36)31-11-5-3-6-12-31)37-25-21-33-17-18-34-22-28-44-46(45(34)41(33)29-37)51-47(49-44)35-13-7-4-8-14-35/h3-30,47,49H,1-2H3. The Hall–Kier alpha value is -6.32. The van der Waals surface area contributed by atoms with Crippen molar-refractivity contribution in [2.24, 2.45) is 0 Å². The highest BCUT2D eigenvalue weighted by molar-refractivity contribution is 6.14. The van der Waals surface area contributed by atoms with Crippen LogP contribution >= 0.6 is 0 Å². The van der Waals surface area contributed by atoms with E-state index in [4.69, 9.17) is 4.74 Å². The van der Waals surface area contributed by atoms with Gasteiger partial charge in [0.05, 0.1) is 5.69 Å². The van der Waals surface area contributed by atoms with Crippen molar-refractivity contribution in [1.82, 2.24) is 0 Å². The summed E-state index contributed by atoms with van der Waals surface area (Å²) in [7, 11) is 0. The molecule has 1 unspecified atom stereocenters. The average molecular weight is 657 g/mol. The third-order valence-electron chi connectivity index (χ3n) is 10.9. The first-order chi connectivity index (χ1) is 25.0. The van der Waals surface area contributed by atoms with E-state index in [-0.39, 0.29) is 11.6 Å². The highest BCUT2D eigenvalue weighted by Gasteiger charge is 2.36. The molecule has 3 nitrogen and oxygen atoms in total. The van der Waals surface area contributed by atoms with E-state index < -0.39 is 0 Å². The maximum absolute atomic E-state index is 6.72. The summed E-state index contributed by atoms with van der Waals surface area (Å²) in [6, 6.07) is 61.4. The molecule has 51 heavy (non-hydrogen) atoms. The zero-order valence-corrected chi connectivity index (χ0v) is 28.6. The van der Waals surface area contributed by atoms with Gasteiger partial charge in [-0.2, -0.15) is 0 Å². The van der Waals surface area contributed by atoms with Crippen molar-refractivity contribution in [3.05, 3.63) is 187 Å². The molecule has 1 N–H and O–H groups in total. The van der Waals surface area contributed by atoms with Crippen molar-refractivity contribution in [3.8, 4) is 28.0 Å². The van der Waals surface area contributed by atoms with E-state index in [9.17, 15) is 0 Å². The van der Waals surface area contributed by atoms with Crippen LogP contribution in [-0.2, 0) is 5.41 Å². The quantitative estimate of drug-likeness (QED) is 0.187. The number of fused-ring (bicyclic) bond motifs is 8. The molecule has 1 aliphatic carbocycles. The van der Waals surface area contributed by atoms with Gasteiger partial charge in [0.15, 0.2) is 12.0 Å². The fraction of sp³-hybridized carbons (Fsp3) is 0.0833. The minimum atomic E-state index is -0.233. The molecule has 3 heteroatoms. The van der Waals surface area contributed by atoms with Crippen LogP contribution in [0.15, 0.2) is 170 Å². The van der Waals surface area contributed by atoms with Crippen LogP contribution in [0.3, 0.4) is 0 Å². The molecule has 0 radical (unpaired) electrons. The van der Waals surface area contributed by atoms with Crippen LogP contribution in [0.4, 0.5) is 22.7 Å². The number of benzene rings is 8. The molecule has 0 saturated heterocycles. The first-order valence-electron chi connectivity index (χ1n) is 17.7. The van der Waals surface area contributed by atoms with Gasteiger partial charge in [0.2, 0.25) is 0 Å². The second-order valence-corrected chi connectivity index (χ2v) is 14.2. The summed E-state index contributed by atoms with van der Waals surface area (Å²) in [6.07, 6.45) is -0.233. The highest BCUT2D eigenvalue weighted by atomic mass is 16.5. The Bertz CT molecular complexity index is 2610. The van der Waals surface area contributed by atoms with Gasteiger partial charge < -0.3 is 15.0 Å². The highest BCUT2D eigenvalue weighted by Crippen LogP contribution is 2.51. The molecule has 0 fully saturated rings. The predicted molar refractivity (Wildman–Crippen MR) is 213 cm³/mol. The average Bonchev–Trinajstić information content (AvgIpc) is 3.72. The van der Waals surface area contributed by atoms with Gasteiger partial charge in [-0.05, 0) is 92.0 Å². The van der Waals surface area contributed by atoms with E-state index in [1.165, 1.54) is 38.8 Å². The normalized spacial score (nSPS) is 15.1. The van der Waals surface area contributed by atoms with Crippen LogP contribution in [0, 0.1) is 0 Å². The summed E-state index contributed by atoms with van der Waals surface area (Å²) in [4.78, 5) is 2.40. The molecular weight excluding hydrogens is 621 g/mol. The number of rotatable bonds is 5. The lowest BCUT2D eigenvalue weighted by atomic mass is 9.82. The predicted octanol–water partition coefficient (Wildman–Crippen LogP) is 12.9. The molecule has 244 valence electrons. The number of hydrogen-bond donors (Lipinski definition) is 1. The maximum atomic E-state index is 6.72. The van der Waals surface area contributed by atoms with Gasteiger partial charge in [-0.25, -0.2) is 0 Å². The molecule has 0 amide bonds. The van der Waals surface area contributed by atoms with E-state index in [2.05, 4.69) is 188 Å². The lowest BCUT2D eigenvalue weighted by Gasteiger charge is -2.28. The first kappa shape index (κ1) is 29.6. The summed E-state index contributed by atoms with van der Waals surface area (Å²) in [6.45, 7) is 4.69. The molecule has 2 aliphatic rings.